The summed E-state index contributed by atoms with van der Waals surface area (Å²) in [5.74, 6) is -0.845. The molecule has 33 heavy (non-hydrogen) atoms. The number of alkyl halides is 5. The van der Waals surface area contributed by atoms with Gasteiger partial charge in [-0.1, -0.05) is 0 Å². The number of methoxy groups -OCH3 is 1. The first-order valence-corrected chi connectivity index (χ1v) is 10.8. The van der Waals surface area contributed by atoms with E-state index in [-0.39, 0.29) is 30.8 Å². The quantitative estimate of drug-likeness (QED) is 0.548. The molecular weight excluding hydrogens is 453 g/mol. The van der Waals surface area contributed by atoms with Gasteiger partial charge in [0.15, 0.2) is 6.23 Å². The topological polar surface area (TPSA) is 79.1 Å². The van der Waals surface area contributed by atoms with Crippen LogP contribution >= 0.6 is 0 Å². The van der Waals surface area contributed by atoms with E-state index in [0.29, 0.717) is 18.6 Å². The predicted molar refractivity (Wildman–Crippen MR) is 108 cm³/mol. The number of rotatable bonds is 6. The van der Waals surface area contributed by atoms with Crippen LogP contribution in [0.4, 0.5) is 22.0 Å². The molecule has 0 radical (unpaired) electrons. The second-order valence-corrected chi connectivity index (χ2v) is 8.73. The van der Waals surface area contributed by atoms with Crippen LogP contribution in [0.15, 0.2) is 15.1 Å². The Labute approximate surface area is 187 Å². The molecule has 0 saturated carbocycles. The first-order valence-electron chi connectivity index (χ1n) is 10.8. The second kappa shape index (κ2) is 9.24. The molecule has 0 spiro atoms. The van der Waals surface area contributed by atoms with Gasteiger partial charge in [0.25, 0.3) is 0 Å². The lowest BCUT2D eigenvalue weighted by atomic mass is 9.83. The number of halogens is 5. The predicted octanol–water partition coefficient (Wildman–Crippen LogP) is 2.34. The van der Waals surface area contributed by atoms with E-state index < -0.39 is 49.7 Å². The number of hydrazone groups is 1. The van der Waals surface area contributed by atoms with Crippen molar-refractivity contribution in [2.24, 2.45) is 26.9 Å². The van der Waals surface area contributed by atoms with Gasteiger partial charge in [0, 0.05) is 31.2 Å². The Balaban J connectivity index is 1.46. The smallest absolute Gasteiger partial charge is 0.357 e. The number of carbonyl (C=O) groups is 1. The van der Waals surface area contributed by atoms with E-state index in [2.05, 4.69) is 14.8 Å². The fourth-order valence-electron chi connectivity index (χ4n) is 5.17. The van der Waals surface area contributed by atoms with Crippen LogP contribution in [0.5, 0.6) is 0 Å². The maximum atomic E-state index is 13.1. The van der Waals surface area contributed by atoms with Crippen molar-refractivity contribution in [2.45, 2.75) is 69.4 Å². The first-order chi connectivity index (χ1) is 15.6. The van der Waals surface area contributed by atoms with Gasteiger partial charge in [-0.25, -0.2) is 0 Å². The molecule has 1 fully saturated rings. The Hall–Kier alpha value is -2.15. The fraction of sp³-hybridized carbons (Fsp3) is 0.800. The summed E-state index contributed by atoms with van der Waals surface area (Å²) in [6.45, 7) is -2.35. The van der Waals surface area contributed by atoms with Gasteiger partial charge in [0.2, 0.25) is 5.91 Å². The summed E-state index contributed by atoms with van der Waals surface area (Å²) in [5.41, 5.74) is 0.674. The molecule has 7 atom stereocenters. The molecule has 0 aromatic carbocycles. The maximum Gasteiger partial charge on any atom is 0.407 e. The third kappa shape index (κ3) is 5.03. The number of amides is 1. The minimum absolute atomic E-state index is 0.0284. The van der Waals surface area contributed by atoms with Gasteiger partial charge >= 0.3 is 12.8 Å². The van der Waals surface area contributed by atoms with Crippen LogP contribution in [0, 0.1) is 11.8 Å². The highest BCUT2D eigenvalue weighted by molar-refractivity contribution is 6.14. The Morgan fingerprint density at radius 2 is 2.00 bits per heavy atom. The first kappa shape index (κ1) is 24.0. The van der Waals surface area contributed by atoms with E-state index in [1.807, 2.05) is 0 Å². The van der Waals surface area contributed by atoms with Crippen molar-refractivity contribution in [3.63, 3.8) is 0 Å². The standard InChI is InChI=1S/C20H26F5N5O3/c1-10-16-13(18(31)30(10)12-7-27-29(8-12)9-20(23,24)25)3-4-14(28-16)11-5-15(33-19(21)22)17(32-2)26-6-11/h6-7,10-15,17,19H,3-5,8-9H2,1-2H3. The zero-order valence-corrected chi connectivity index (χ0v) is 18.2. The van der Waals surface area contributed by atoms with Crippen molar-refractivity contribution in [2.75, 3.05) is 20.2 Å². The Bertz CT molecular complexity index is 835. The highest BCUT2D eigenvalue weighted by atomic mass is 19.4. The van der Waals surface area contributed by atoms with Gasteiger partial charge in [-0.05, 0) is 26.2 Å². The Morgan fingerprint density at radius 1 is 1.24 bits per heavy atom. The number of fused-ring (bicyclic) bond motifs is 1. The van der Waals surface area contributed by atoms with Gasteiger partial charge in [0.1, 0.15) is 12.6 Å². The number of ether oxygens (including phenoxy) is 2. The number of aliphatic imine (C=N–C) groups is 2. The molecule has 13 heteroatoms. The average molecular weight is 479 g/mol. The molecule has 184 valence electrons. The summed E-state index contributed by atoms with van der Waals surface area (Å²) in [7, 11) is 1.37. The zero-order valence-electron chi connectivity index (χ0n) is 18.2. The molecule has 4 heterocycles. The SMILES string of the molecule is COC1N=CC(C2CCC3C(=O)N(C4C=NN(CC(F)(F)F)C4)C(C)C3=N2)CC1OC(F)F. The van der Waals surface area contributed by atoms with Crippen LogP contribution in [0.2, 0.25) is 0 Å². The van der Waals surface area contributed by atoms with Gasteiger partial charge in [-0.3, -0.25) is 19.8 Å². The molecule has 1 saturated heterocycles. The number of hydrogen-bond donors (Lipinski definition) is 0. The largest absolute Gasteiger partial charge is 0.407 e. The number of hydrogen-bond acceptors (Lipinski definition) is 7. The highest BCUT2D eigenvalue weighted by Gasteiger charge is 2.49. The molecule has 8 nitrogen and oxygen atoms in total. The summed E-state index contributed by atoms with van der Waals surface area (Å²) in [4.78, 5) is 23.6. The molecule has 0 aliphatic carbocycles. The van der Waals surface area contributed by atoms with Crippen LogP contribution in [0.25, 0.3) is 0 Å². The van der Waals surface area contributed by atoms with Crippen molar-refractivity contribution < 1.29 is 36.2 Å². The Kier molecular flexibility index (Phi) is 6.72. The van der Waals surface area contributed by atoms with Gasteiger partial charge in [0.05, 0.1) is 30.6 Å². The molecule has 4 aliphatic rings. The molecular formula is C20H26F5N5O3. The van der Waals surface area contributed by atoms with Crippen LogP contribution in [-0.4, -0.2) is 97.4 Å². The van der Waals surface area contributed by atoms with E-state index in [0.717, 1.165) is 5.01 Å². The van der Waals surface area contributed by atoms with E-state index in [4.69, 9.17) is 9.73 Å². The average Bonchev–Trinajstić information content (AvgIpc) is 3.28. The lowest BCUT2D eigenvalue weighted by Crippen LogP contribution is -2.46. The Morgan fingerprint density at radius 3 is 2.67 bits per heavy atom. The maximum absolute atomic E-state index is 13.1. The number of carbonyl (C=O) groups excluding carboxylic acids is 1. The summed E-state index contributed by atoms with van der Waals surface area (Å²) in [5, 5.41) is 4.73. The second-order valence-electron chi connectivity index (χ2n) is 8.73. The molecule has 0 aromatic heterocycles. The van der Waals surface area contributed by atoms with E-state index in [1.165, 1.54) is 13.3 Å². The number of likely N-dealkylation sites (tertiary alicyclic amines) is 1. The summed E-state index contributed by atoms with van der Waals surface area (Å²) in [6.07, 6.45) is -1.72. The van der Waals surface area contributed by atoms with Crippen LogP contribution in [0.3, 0.4) is 0 Å². The van der Waals surface area contributed by atoms with Crippen molar-refractivity contribution in [3.05, 3.63) is 0 Å². The fourth-order valence-corrected chi connectivity index (χ4v) is 5.17. The third-order valence-corrected chi connectivity index (χ3v) is 6.60. The summed E-state index contributed by atoms with van der Waals surface area (Å²) < 4.78 is 73.5. The van der Waals surface area contributed by atoms with Crippen LogP contribution < -0.4 is 0 Å². The van der Waals surface area contributed by atoms with E-state index in [1.54, 1.807) is 18.0 Å². The zero-order chi connectivity index (χ0) is 23.9. The van der Waals surface area contributed by atoms with Gasteiger partial charge in [-0.15, -0.1) is 0 Å². The molecule has 0 aromatic rings. The third-order valence-electron chi connectivity index (χ3n) is 6.60. The van der Waals surface area contributed by atoms with Gasteiger partial charge < -0.3 is 14.4 Å². The lowest BCUT2D eigenvalue weighted by molar-refractivity contribution is -0.195. The van der Waals surface area contributed by atoms with Crippen molar-refractivity contribution in [1.82, 2.24) is 9.91 Å². The molecule has 0 N–H and O–H groups in total. The molecule has 4 rings (SSSR count). The molecule has 4 aliphatic heterocycles. The van der Waals surface area contributed by atoms with Crippen molar-refractivity contribution in [3.8, 4) is 0 Å². The number of nitrogens with zero attached hydrogens (tertiary/aromatic N) is 5. The van der Waals surface area contributed by atoms with E-state index in [9.17, 15) is 26.7 Å². The molecule has 7 unspecified atom stereocenters. The normalized spacial score (nSPS) is 36.7. The van der Waals surface area contributed by atoms with Gasteiger partial charge in [-0.2, -0.15) is 27.1 Å². The van der Waals surface area contributed by atoms with Crippen molar-refractivity contribution in [1.29, 1.82) is 0 Å². The molecule has 0 bridgehead atoms. The van der Waals surface area contributed by atoms with E-state index >= 15 is 0 Å². The monoisotopic (exact) mass is 479 g/mol. The van der Waals surface area contributed by atoms with Crippen molar-refractivity contribution >= 4 is 24.0 Å². The highest BCUT2D eigenvalue weighted by Crippen LogP contribution is 2.37. The minimum Gasteiger partial charge on any atom is -0.357 e. The van der Waals surface area contributed by atoms with Crippen LogP contribution in [0.1, 0.15) is 26.2 Å². The lowest BCUT2D eigenvalue weighted by Gasteiger charge is -2.34. The minimum atomic E-state index is -4.38. The summed E-state index contributed by atoms with van der Waals surface area (Å²) in [6, 6.07) is -1.21. The summed E-state index contributed by atoms with van der Waals surface area (Å²) >= 11 is 0. The van der Waals surface area contributed by atoms with Crippen LogP contribution in [-0.2, 0) is 14.3 Å². The molecule has 1 amide bonds.